The molecule has 0 nitrogen and oxygen atoms in total. The molecule has 0 fully saturated rings. The van der Waals surface area contributed by atoms with Crippen molar-refractivity contribution < 1.29 is 0 Å². The first-order chi connectivity index (χ1) is 27.5. The Morgan fingerprint density at radius 2 is 0.929 bits per heavy atom. The van der Waals surface area contributed by atoms with Crippen LogP contribution in [0.3, 0.4) is 0 Å². The van der Waals surface area contributed by atoms with Gasteiger partial charge in [0.15, 0.2) is 0 Å². The van der Waals surface area contributed by atoms with Gasteiger partial charge in [0, 0.05) is 25.6 Å². The molecule has 0 saturated heterocycles. The first kappa shape index (κ1) is 31.8. The summed E-state index contributed by atoms with van der Waals surface area (Å²) in [4.78, 5) is 0. The van der Waals surface area contributed by atoms with Gasteiger partial charge in [-0.25, -0.2) is 0 Å². The molecule has 12 rings (SSSR count). The monoisotopic (exact) mass is 728 g/mol. The maximum absolute atomic E-state index is 2.46. The molecule has 0 atom stereocenters. The van der Waals surface area contributed by atoms with Crippen molar-refractivity contribution in [2.45, 2.75) is 19.3 Å². The minimum atomic E-state index is -0.135. The topological polar surface area (TPSA) is 0 Å². The van der Waals surface area contributed by atoms with E-state index < -0.39 is 0 Å². The highest BCUT2D eigenvalue weighted by molar-refractivity contribution is 7.26. The molecule has 0 amide bonds. The molecular weight excluding hydrogens is 693 g/mol. The lowest BCUT2D eigenvalue weighted by molar-refractivity contribution is 0.667. The third-order valence-corrected chi connectivity index (χ3v) is 13.8. The molecule has 0 saturated carbocycles. The first-order valence-corrected chi connectivity index (χ1v) is 20.4. The van der Waals surface area contributed by atoms with E-state index in [9.17, 15) is 0 Å². The number of fused-ring (bicyclic) bond motifs is 12. The molecule has 1 heterocycles. The molecule has 1 aliphatic rings. The molecule has 1 heteroatoms. The van der Waals surface area contributed by atoms with E-state index in [1.165, 1.54) is 119 Å². The number of hydrogen-bond acceptors (Lipinski definition) is 1. The Morgan fingerprint density at radius 3 is 1.64 bits per heavy atom. The molecule has 11 aromatic rings. The van der Waals surface area contributed by atoms with Crippen molar-refractivity contribution in [1.82, 2.24) is 0 Å². The molecule has 262 valence electrons. The van der Waals surface area contributed by atoms with Gasteiger partial charge in [-0.05, 0) is 111 Å². The van der Waals surface area contributed by atoms with Crippen LogP contribution < -0.4 is 0 Å². The van der Waals surface area contributed by atoms with Crippen molar-refractivity contribution in [2.24, 2.45) is 0 Å². The third-order valence-electron chi connectivity index (χ3n) is 12.6. The second-order valence-electron chi connectivity index (χ2n) is 16.0. The van der Waals surface area contributed by atoms with E-state index in [2.05, 4.69) is 196 Å². The van der Waals surface area contributed by atoms with E-state index in [4.69, 9.17) is 0 Å². The highest BCUT2D eigenvalue weighted by Crippen LogP contribution is 2.55. The van der Waals surface area contributed by atoms with Gasteiger partial charge in [-0.15, -0.1) is 11.3 Å². The zero-order valence-corrected chi connectivity index (χ0v) is 32.0. The van der Waals surface area contributed by atoms with E-state index >= 15 is 0 Å². The van der Waals surface area contributed by atoms with Crippen LogP contribution in [0, 0.1) is 0 Å². The number of thiophene rings is 1. The fraction of sp³-hybridized carbons (Fsp3) is 0.0545. The molecule has 1 aromatic heterocycles. The number of hydrogen-bond donors (Lipinski definition) is 0. The second kappa shape index (κ2) is 11.7. The van der Waals surface area contributed by atoms with Crippen LogP contribution in [0.1, 0.15) is 25.0 Å². The van der Waals surface area contributed by atoms with Crippen molar-refractivity contribution >= 4 is 74.6 Å². The minimum Gasteiger partial charge on any atom is -0.135 e. The Balaban J connectivity index is 0.983. The van der Waals surface area contributed by atoms with Crippen molar-refractivity contribution in [3.05, 3.63) is 193 Å². The van der Waals surface area contributed by atoms with Gasteiger partial charge in [0.1, 0.15) is 0 Å². The third kappa shape index (κ3) is 4.41. The van der Waals surface area contributed by atoms with Crippen LogP contribution in [-0.2, 0) is 5.41 Å². The van der Waals surface area contributed by atoms with Gasteiger partial charge in [-0.1, -0.05) is 184 Å². The maximum Gasteiger partial charge on any atom is 0.0433 e. The molecule has 0 spiro atoms. The predicted molar refractivity (Wildman–Crippen MR) is 243 cm³/mol. The van der Waals surface area contributed by atoms with Gasteiger partial charge in [0.2, 0.25) is 0 Å². The van der Waals surface area contributed by atoms with E-state index in [0.29, 0.717) is 0 Å². The van der Waals surface area contributed by atoms with Gasteiger partial charge >= 0.3 is 0 Å². The summed E-state index contributed by atoms with van der Waals surface area (Å²) in [6, 6.07) is 68.0. The van der Waals surface area contributed by atoms with Crippen molar-refractivity contribution in [2.75, 3.05) is 0 Å². The van der Waals surface area contributed by atoms with E-state index in [1.807, 2.05) is 11.3 Å². The van der Waals surface area contributed by atoms with Gasteiger partial charge in [0.05, 0.1) is 0 Å². The molecule has 0 aliphatic heterocycles. The first-order valence-electron chi connectivity index (χ1n) is 19.6. The van der Waals surface area contributed by atoms with Crippen LogP contribution in [-0.4, -0.2) is 0 Å². The summed E-state index contributed by atoms with van der Waals surface area (Å²) in [7, 11) is 0. The average molecular weight is 729 g/mol. The summed E-state index contributed by atoms with van der Waals surface area (Å²) in [6.07, 6.45) is 0. The van der Waals surface area contributed by atoms with Gasteiger partial charge < -0.3 is 0 Å². The van der Waals surface area contributed by atoms with Crippen LogP contribution in [0.25, 0.3) is 108 Å². The second-order valence-corrected chi connectivity index (χ2v) is 17.0. The molecule has 10 aromatic carbocycles. The highest BCUT2D eigenvalue weighted by Gasteiger charge is 2.38. The van der Waals surface area contributed by atoms with Gasteiger partial charge in [-0.3, -0.25) is 0 Å². The summed E-state index contributed by atoms with van der Waals surface area (Å²) >= 11 is 1.94. The Kier molecular flexibility index (Phi) is 6.66. The lowest BCUT2D eigenvalue weighted by atomic mass is 9.79. The SMILES string of the molecule is CC1(C)c2cc(-c3ccc(-c4c5ccccc5c(-c5cccc6ccccc56)c5ccccc45)cc3)ccc2-c2ccc3sc4c5ccccc5ccc4c3c21. The smallest absolute Gasteiger partial charge is 0.0433 e. The molecule has 0 bridgehead atoms. The van der Waals surface area contributed by atoms with Gasteiger partial charge in [-0.2, -0.15) is 0 Å². The molecule has 56 heavy (non-hydrogen) atoms. The van der Waals surface area contributed by atoms with E-state index in [1.54, 1.807) is 0 Å². The van der Waals surface area contributed by atoms with E-state index in [0.717, 1.165) is 0 Å². The Hall–Kier alpha value is -6.54. The van der Waals surface area contributed by atoms with Crippen LogP contribution in [0.2, 0.25) is 0 Å². The Labute approximate surface area is 329 Å². The summed E-state index contributed by atoms with van der Waals surface area (Å²) < 4.78 is 2.76. The molecule has 0 radical (unpaired) electrons. The normalized spacial score (nSPS) is 13.3. The average Bonchev–Trinajstić information content (AvgIpc) is 3.74. The van der Waals surface area contributed by atoms with Gasteiger partial charge in [0.25, 0.3) is 0 Å². The lowest BCUT2D eigenvalue weighted by Gasteiger charge is -2.23. The lowest BCUT2D eigenvalue weighted by Crippen LogP contribution is -2.15. The van der Waals surface area contributed by atoms with Crippen molar-refractivity contribution in [3.63, 3.8) is 0 Å². The fourth-order valence-corrected chi connectivity index (χ4v) is 11.3. The summed E-state index contributed by atoms with van der Waals surface area (Å²) in [6.45, 7) is 4.85. The Morgan fingerprint density at radius 1 is 0.375 bits per heavy atom. The standard InChI is InChI=1S/C55H36S/c1-55(2)48-32-37(27-28-40(48)46-30-31-49-52(53(46)55)47-29-26-35-13-4-6-16-39(35)54(47)56-49)33-22-24-36(25-23-33)50-42-17-7-9-19-44(42)51(45-20-10-8-18-43(45)50)41-21-11-14-34-12-3-5-15-38(34)41/h3-32H,1-2H3. The fourth-order valence-electron chi connectivity index (χ4n) is 10.1. The zero-order valence-electron chi connectivity index (χ0n) is 31.2. The summed E-state index contributed by atoms with van der Waals surface area (Å²) in [5.74, 6) is 0. The molecule has 0 unspecified atom stereocenters. The van der Waals surface area contributed by atoms with Crippen LogP contribution in [0.5, 0.6) is 0 Å². The quantitative estimate of drug-likeness (QED) is 0.159. The number of rotatable bonds is 3. The Bertz CT molecular complexity index is 3370. The largest absolute Gasteiger partial charge is 0.135 e. The molecule has 1 aliphatic carbocycles. The summed E-state index contributed by atoms with van der Waals surface area (Å²) in [5, 5.41) is 13.1. The zero-order chi connectivity index (χ0) is 37.1. The molecule has 0 N–H and O–H groups in total. The predicted octanol–water partition coefficient (Wildman–Crippen LogP) is 16.0. The van der Waals surface area contributed by atoms with E-state index in [-0.39, 0.29) is 5.41 Å². The van der Waals surface area contributed by atoms with Crippen LogP contribution >= 0.6 is 11.3 Å². The number of benzene rings is 10. The minimum absolute atomic E-state index is 0.135. The van der Waals surface area contributed by atoms with Crippen molar-refractivity contribution in [1.29, 1.82) is 0 Å². The van der Waals surface area contributed by atoms with Crippen molar-refractivity contribution in [3.8, 4) is 44.5 Å². The van der Waals surface area contributed by atoms with Crippen LogP contribution in [0.4, 0.5) is 0 Å². The van der Waals surface area contributed by atoms with Crippen LogP contribution in [0.15, 0.2) is 182 Å². The summed E-state index contributed by atoms with van der Waals surface area (Å²) in [5.41, 5.74) is 13.1. The maximum atomic E-state index is 2.46. The highest BCUT2D eigenvalue weighted by atomic mass is 32.1. The molecular formula is C55H36S.